The van der Waals surface area contributed by atoms with Crippen LogP contribution in [0.5, 0.6) is 0 Å². The molecular weight excluding hydrogens is 422 g/mol. The number of hydrogen-bond donors (Lipinski definition) is 1. The first kappa shape index (κ1) is 24.1. The van der Waals surface area contributed by atoms with E-state index in [2.05, 4.69) is 5.32 Å². The molecule has 0 spiro atoms. The third-order valence-corrected chi connectivity index (χ3v) is 6.12. The zero-order valence-corrected chi connectivity index (χ0v) is 18.5. The topological polar surface area (TPSA) is 116 Å². The summed E-state index contributed by atoms with van der Waals surface area (Å²) in [5.74, 6) is -2.13. The van der Waals surface area contributed by atoms with E-state index in [9.17, 15) is 22.8 Å². The average molecular weight is 448 g/mol. The van der Waals surface area contributed by atoms with E-state index in [1.165, 1.54) is 30.3 Å². The van der Waals surface area contributed by atoms with Gasteiger partial charge >= 0.3 is 11.9 Å². The highest BCUT2D eigenvalue weighted by Gasteiger charge is 2.22. The Morgan fingerprint density at radius 1 is 0.871 bits per heavy atom. The number of benzene rings is 2. The first-order valence-electron chi connectivity index (χ1n) is 9.85. The van der Waals surface area contributed by atoms with Crippen molar-refractivity contribution < 1.29 is 32.3 Å². The lowest BCUT2D eigenvalue weighted by atomic mass is 10.1. The van der Waals surface area contributed by atoms with Gasteiger partial charge in [-0.2, -0.15) is 0 Å². The predicted octanol–water partition coefficient (Wildman–Crippen LogP) is 3.48. The molecular formula is C22H25NO7S. The summed E-state index contributed by atoms with van der Waals surface area (Å²) in [6.45, 7) is 5.28. The number of nitrogens with one attached hydrogen (secondary N) is 1. The molecule has 0 unspecified atom stereocenters. The molecule has 1 N–H and O–H groups in total. The maximum Gasteiger partial charge on any atom is 0.338 e. The van der Waals surface area contributed by atoms with Crippen LogP contribution in [-0.4, -0.2) is 45.2 Å². The molecule has 0 aliphatic rings. The van der Waals surface area contributed by atoms with Crippen LogP contribution in [0.3, 0.4) is 0 Å². The minimum Gasteiger partial charge on any atom is -0.462 e. The highest BCUT2D eigenvalue weighted by Crippen LogP contribution is 2.22. The van der Waals surface area contributed by atoms with Crippen molar-refractivity contribution in [3.05, 3.63) is 59.2 Å². The van der Waals surface area contributed by atoms with Crippen LogP contribution in [0.15, 0.2) is 47.4 Å². The Hall–Kier alpha value is -3.20. The van der Waals surface area contributed by atoms with E-state index in [0.29, 0.717) is 6.42 Å². The number of ether oxygens (including phenoxy) is 2. The van der Waals surface area contributed by atoms with E-state index >= 15 is 0 Å². The highest BCUT2D eigenvalue weighted by molar-refractivity contribution is 7.91. The number of carbonyl (C=O) groups is 3. The minimum absolute atomic E-state index is 0.0322. The summed E-state index contributed by atoms with van der Waals surface area (Å²) in [7, 11) is -3.65. The van der Waals surface area contributed by atoms with Crippen LogP contribution in [0, 0.1) is 0 Å². The molecule has 8 nitrogen and oxygen atoms in total. The molecule has 2 aromatic rings. The van der Waals surface area contributed by atoms with Gasteiger partial charge in [-0.05, 0) is 50.6 Å². The lowest BCUT2D eigenvalue weighted by Gasteiger charge is -2.13. The molecule has 166 valence electrons. The molecule has 0 saturated carbocycles. The second-order valence-corrected chi connectivity index (χ2v) is 8.59. The number of anilines is 1. The van der Waals surface area contributed by atoms with Crippen LogP contribution in [-0.2, 0) is 19.3 Å². The Bertz CT molecular complexity index is 1040. The standard InChI is InChI=1S/C22H25NO7S/c1-4-11-31(27,28)19-10-8-7-9-18(19)20(24)23-17-13-15(21(25)29-5-2)12-16(14-17)22(26)30-6-3/h7-10,12-14H,4-6,11H2,1-3H3,(H,23,24). The SMILES string of the molecule is CCCS(=O)(=O)c1ccccc1C(=O)Nc1cc(C(=O)OCC)cc(C(=O)OCC)c1. The molecule has 0 fully saturated rings. The van der Waals surface area contributed by atoms with E-state index in [4.69, 9.17) is 9.47 Å². The zero-order valence-electron chi connectivity index (χ0n) is 17.6. The third-order valence-electron chi connectivity index (χ3n) is 4.15. The van der Waals surface area contributed by atoms with Crippen molar-refractivity contribution in [1.29, 1.82) is 0 Å². The van der Waals surface area contributed by atoms with Crippen molar-refractivity contribution in [2.75, 3.05) is 24.3 Å². The number of esters is 2. The van der Waals surface area contributed by atoms with Gasteiger partial charge in [0.15, 0.2) is 9.84 Å². The van der Waals surface area contributed by atoms with Crippen LogP contribution in [0.4, 0.5) is 5.69 Å². The molecule has 0 saturated heterocycles. The molecule has 2 aromatic carbocycles. The van der Waals surface area contributed by atoms with E-state index in [-0.39, 0.29) is 46.2 Å². The van der Waals surface area contributed by atoms with Gasteiger partial charge in [0.25, 0.3) is 5.91 Å². The van der Waals surface area contributed by atoms with Gasteiger partial charge in [-0.3, -0.25) is 4.79 Å². The van der Waals surface area contributed by atoms with Gasteiger partial charge in [0.05, 0.1) is 40.6 Å². The van der Waals surface area contributed by atoms with Crippen molar-refractivity contribution in [1.82, 2.24) is 0 Å². The van der Waals surface area contributed by atoms with E-state index in [0.717, 1.165) is 0 Å². The molecule has 0 radical (unpaired) electrons. The van der Waals surface area contributed by atoms with Crippen molar-refractivity contribution in [3.8, 4) is 0 Å². The zero-order chi connectivity index (χ0) is 23.0. The first-order valence-corrected chi connectivity index (χ1v) is 11.5. The summed E-state index contributed by atoms with van der Waals surface area (Å²) in [6, 6.07) is 9.88. The van der Waals surface area contributed by atoms with Crippen molar-refractivity contribution >= 4 is 33.4 Å². The van der Waals surface area contributed by atoms with Crippen LogP contribution in [0.1, 0.15) is 58.3 Å². The van der Waals surface area contributed by atoms with Gasteiger partial charge in [0, 0.05) is 5.69 Å². The molecule has 0 aliphatic carbocycles. The predicted molar refractivity (Wildman–Crippen MR) is 115 cm³/mol. The van der Waals surface area contributed by atoms with Gasteiger partial charge in [-0.1, -0.05) is 19.1 Å². The fraction of sp³-hybridized carbons (Fsp3) is 0.318. The van der Waals surface area contributed by atoms with E-state index in [1.807, 2.05) is 0 Å². The molecule has 1 amide bonds. The van der Waals surface area contributed by atoms with Gasteiger partial charge in [0.2, 0.25) is 0 Å². The Morgan fingerprint density at radius 2 is 1.42 bits per heavy atom. The summed E-state index contributed by atoms with van der Waals surface area (Å²) in [5.41, 5.74) is 0.195. The molecule has 9 heteroatoms. The third kappa shape index (κ3) is 6.14. The lowest BCUT2D eigenvalue weighted by Crippen LogP contribution is -2.18. The summed E-state index contributed by atoms with van der Waals surface area (Å²) < 4.78 is 35.0. The Balaban J connectivity index is 2.45. The number of hydrogen-bond acceptors (Lipinski definition) is 7. The Labute approximate surface area is 181 Å². The number of sulfone groups is 1. The number of carbonyl (C=O) groups excluding carboxylic acids is 3. The monoisotopic (exact) mass is 447 g/mol. The van der Waals surface area contributed by atoms with Gasteiger partial charge in [-0.25, -0.2) is 18.0 Å². The summed E-state index contributed by atoms with van der Waals surface area (Å²) in [4.78, 5) is 37.2. The van der Waals surface area contributed by atoms with Crippen LogP contribution in [0.2, 0.25) is 0 Å². The van der Waals surface area contributed by atoms with Crippen LogP contribution >= 0.6 is 0 Å². The van der Waals surface area contributed by atoms with Crippen LogP contribution in [0.25, 0.3) is 0 Å². The molecule has 0 atom stereocenters. The van der Waals surface area contributed by atoms with Crippen molar-refractivity contribution in [3.63, 3.8) is 0 Å². The summed E-state index contributed by atoms with van der Waals surface area (Å²) in [5, 5.41) is 2.57. The molecule has 31 heavy (non-hydrogen) atoms. The smallest absolute Gasteiger partial charge is 0.338 e. The average Bonchev–Trinajstić information content (AvgIpc) is 2.73. The summed E-state index contributed by atoms with van der Waals surface area (Å²) >= 11 is 0. The quantitative estimate of drug-likeness (QED) is 0.585. The lowest BCUT2D eigenvalue weighted by molar-refractivity contribution is 0.0525. The molecule has 0 aromatic heterocycles. The number of rotatable bonds is 9. The largest absolute Gasteiger partial charge is 0.462 e. The van der Waals surface area contributed by atoms with E-state index < -0.39 is 27.7 Å². The normalized spacial score (nSPS) is 10.9. The van der Waals surface area contributed by atoms with Crippen LogP contribution < -0.4 is 5.32 Å². The molecule has 0 heterocycles. The van der Waals surface area contributed by atoms with Gasteiger partial charge < -0.3 is 14.8 Å². The second-order valence-electron chi connectivity index (χ2n) is 6.51. The maximum absolute atomic E-state index is 12.9. The molecule has 0 bridgehead atoms. The van der Waals surface area contributed by atoms with Crippen molar-refractivity contribution in [2.45, 2.75) is 32.1 Å². The Kier molecular flexibility index (Phi) is 8.32. The highest BCUT2D eigenvalue weighted by atomic mass is 32.2. The van der Waals surface area contributed by atoms with Gasteiger partial charge in [-0.15, -0.1) is 0 Å². The maximum atomic E-state index is 12.9. The van der Waals surface area contributed by atoms with Gasteiger partial charge in [0.1, 0.15) is 0 Å². The molecule has 2 rings (SSSR count). The fourth-order valence-corrected chi connectivity index (χ4v) is 4.41. The molecule has 0 aliphatic heterocycles. The Morgan fingerprint density at radius 3 is 1.94 bits per heavy atom. The van der Waals surface area contributed by atoms with E-state index in [1.54, 1.807) is 32.9 Å². The summed E-state index contributed by atoms with van der Waals surface area (Å²) in [6.07, 6.45) is 0.406. The number of amides is 1. The van der Waals surface area contributed by atoms with Crippen molar-refractivity contribution in [2.24, 2.45) is 0 Å². The first-order chi connectivity index (χ1) is 14.7. The minimum atomic E-state index is -3.65. The fourth-order valence-electron chi connectivity index (χ4n) is 2.87. The second kappa shape index (κ2) is 10.7.